The largest absolute Gasteiger partial charge is 0.392 e. The summed E-state index contributed by atoms with van der Waals surface area (Å²) >= 11 is 0. The molecule has 0 bridgehead atoms. The molecule has 2 nitrogen and oxygen atoms in total. The van der Waals surface area contributed by atoms with Gasteiger partial charge in [-0.3, -0.25) is 4.90 Å². The monoisotopic (exact) mass is 261 g/mol. The molecule has 106 valence electrons. The highest BCUT2D eigenvalue weighted by atomic mass is 16.3. The summed E-state index contributed by atoms with van der Waals surface area (Å²) in [5.74, 6) is 0. The van der Waals surface area contributed by atoms with Crippen LogP contribution in [0.1, 0.15) is 42.5 Å². The lowest BCUT2D eigenvalue weighted by atomic mass is 9.81. The first-order valence-electron chi connectivity index (χ1n) is 7.27. The van der Waals surface area contributed by atoms with Gasteiger partial charge in [0.05, 0.1) is 6.10 Å². The van der Waals surface area contributed by atoms with Crippen LogP contribution in [0.2, 0.25) is 0 Å². The van der Waals surface area contributed by atoms with Gasteiger partial charge in [0, 0.05) is 25.0 Å². The highest BCUT2D eigenvalue weighted by Gasteiger charge is 2.34. The topological polar surface area (TPSA) is 23.5 Å². The van der Waals surface area contributed by atoms with Crippen LogP contribution in [0.15, 0.2) is 12.1 Å². The number of likely N-dealkylation sites (tertiary alicyclic amines) is 1. The molecule has 0 saturated carbocycles. The first-order chi connectivity index (χ1) is 8.79. The third-order valence-electron chi connectivity index (χ3n) is 4.47. The number of benzene rings is 1. The van der Waals surface area contributed by atoms with Gasteiger partial charge < -0.3 is 5.11 Å². The van der Waals surface area contributed by atoms with E-state index in [0.29, 0.717) is 0 Å². The van der Waals surface area contributed by atoms with Gasteiger partial charge in [-0.25, -0.2) is 0 Å². The van der Waals surface area contributed by atoms with Gasteiger partial charge in [0.1, 0.15) is 0 Å². The molecule has 2 heteroatoms. The first kappa shape index (κ1) is 14.5. The van der Waals surface area contributed by atoms with Crippen molar-refractivity contribution in [2.24, 2.45) is 5.41 Å². The van der Waals surface area contributed by atoms with E-state index in [-0.39, 0.29) is 11.5 Å². The summed E-state index contributed by atoms with van der Waals surface area (Å²) in [7, 11) is 0. The molecule has 1 unspecified atom stereocenters. The standard InChI is InChI=1S/C17H27NO/c1-12-8-13(2)15(14(3)9-12)10-18-7-6-16(19)17(4,5)11-18/h8-9,16,19H,6-7,10-11H2,1-5H3. The zero-order valence-electron chi connectivity index (χ0n) is 13.0. The summed E-state index contributed by atoms with van der Waals surface area (Å²) in [5, 5.41) is 10.0. The fourth-order valence-electron chi connectivity index (χ4n) is 3.27. The minimum absolute atomic E-state index is 0.00472. The number of nitrogens with zero attached hydrogens (tertiary/aromatic N) is 1. The molecule has 0 radical (unpaired) electrons. The van der Waals surface area contributed by atoms with Gasteiger partial charge in [-0.05, 0) is 43.9 Å². The lowest BCUT2D eigenvalue weighted by Gasteiger charge is -2.42. The summed E-state index contributed by atoms with van der Waals surface area (Å²) in [6.07, 6.45) is 0.723. The molecular weight excluding hydrogens is 234 g/mol. The summed E-state index contributed by atoms with van der Waals surface area (Å²) in [4.78, 5) is 2.48. The average Bonchev–Trinajstić information content (AvgIpc) is 2.28. The quantitative estimate of drug-likeness (QED) is 0.883. The van der Waals surface area contributed by atoms with Gasteiger partial charge >= 0.3 is 0 Å². The Morgan fingerprint density at radius 1 is 1.21 bits per heavy atom. The SMILES string of the molecule is Cc1cc(C)c(CN2CCC(O)C(C)(C)C2)c(C)c1. The van der Waals surface area contributed by atoms with Crippen LogP contribution >= 0.6 is 0 Å². The maximum absolute atomic E-state index is 10.0. The van der Waals surface area contributed by atoms with Crippen LogP contribution in [-0.4, -0.2) is 29.2 Å². The summed E-state index contributed by atoms with van der Waals surface area (Å²) in [6.45, 7) is 13.9. The number of hydrogen-bond acceptors (Lipinski definition) is 2. The second-order valence-electron chi connectivity index (χ2n) is 6.88. The zero-order chi connectivity index (χ0) is 14.2. The van der Waals surface area contributed by atoms with Crippen molar-refractivity contribution in [3.63, 3.8) is 0 Å². The minimum Gasteiger partial charge on any atom is -0.392 e. The van der Waals surface area contributed by atoms with E-state index < -0.39 is 0 Å². The molecule has 1 aromatic rings. The Hall–Kier alpha value is -0.860. The van der Waals surface area contributed by atoms with Crippen LogP contribution < -0.4 is 0 Å². The molecule has 1 aromatic carbocycles. The highest BCUT2D eigenvalue weighted by molar-refractivity contribution is 5.37. The van der Waals surface area contributed by atoms with Gasteiger partial charge in [0.25, 0.3) is 0 Å². The van der Waals surface area contributed by atoms with E-state index in [1.54, 1.807) is 0 Å². The fourth-order valence-corrected chi connectivity index (χ4v) is 3.27. The Labute approximate surface area is 117 Å². The van der Waals surface area contributed by atoms with E-state index in [4.69, 9.17) is 0 Å². The number of rotatable bonds is 2. The van der Waals surface area contributed by atoms with E-state index in [0.717, 1.165) is 26.1 Å². The molecule has 0 aromatic heterocycles. The normalized spacial score (nSPS) is 23.6. The second-order valence-corrected chi connectivity index (χ2v) is 6.88. The molecule has 1 saturated heterocycles. The fraction of sp³-hybridized carbons (Fsp3) is 0.647. The molecule has 19 heavy (non-hydrogen) atoms. The number of piperidine rings is 1. The van der Waals surface area contributed by atoms with Crippen molar-refractivity contribution in [3.05, 3.63) is 34.4 Å². The molecule has 1 heterocycles. The lowest BCUT2D eigenvalue weighted by molar-refractivity contribution is -0.0270. The average molecular weight is 261 g/mol. The van der Waals surface area contributed by atoms with Crippen LogP contribution in [0, 0.1) is 26.2 Å². The van der Waals surface area contributed by atoms with Crippen molar-refractivity contribution in [1.29, 1.82) is 0 Å². The van der Waals surface area contributed by atoms with E-state index in [9.17, 15) is 5.11 Å². The van der Waals surface area contributed by atoms with Gasteiger partial charge in [-0.1, -0.05) is 31.5 Å². The van der Waals surface area contributed by atoms with Crippen LogP contribution in [0.3, 0.4) is 0 Å². The van der Waals surface area contributed by atoms with Gasteiger partial charge in [0.2, 0.25) is 0 Å². The van der Waals surface area contributed by atoms with Crippen molar-refractivity contribution in [1.82, 2.24) is 4.90 Å². The molecule has 1 atom stereocenters. The molecule has 1 N–H and O–H groups in total. The van der Waals surface area contributed by atoms with E-state index in [1.807, 2.05) is 0 Å². The van der Waals surface area contributed by atoms with Crippen LogP contribution in [-0.2, 0) is 6.54 Å². The predicted molar refractivity (Wildman–Crippen MR) is 80.3 cm³/mol. The Morgan fingerprint density at radius 2 is 1.79 bits per heavy atom. The maximum atomic E-state index is 10.0. The van der Waals surface area contributed by atoms with Gasteiger partial charge in [0.15, 0.2) is 0 Å². The number of aliphatic hydroxyl groups excluding tert-OH is 1. The Bertz CT molecular complexity index is 441. The maximum Gasteiger partial charge on any atom is 0.0615 e. The van der Waals surface area contributed by atoms with Crippen molar-refractivity contribution in [2.75, 3.05) is 13.1 Å². The van der Waals surface area contributed by atoms with E-state index in [1.165, 1.54) is 22.3 Å². The van der Waals surface area contributed by atoms with E-state index in [2.05, 4.69) is 51.7 Å². The predicted octanol–water partition coefficient (Wildman–Crippen LogP) is 3.20. The lowest BCUT2D eigenvalue weighted by Crippen LogP contribution is -2.48. The molecule has 2 rings (SSSR count). The van der Waals surface area contributed by atoms with Crippen molar-refractivity contribution in [3.8, 4) is 0 Å². The van der Waals surface area contributed by atoms with Crippen molar-refractivity contribution >= 4 is 0 Å². The number of aliphatic hydroxyl groups is 1. The molecule has 0 amide bonds. The van der Waals surface area contributed by atoms with Crippen molar-refractivity contribution in [2.45, 2.75) is 53.7 Å². The Morgan fingerprint density at radius 3 is 2.32 bits per heavy atom. The summed E-state index contributed by atoms with van der Waals surface area (Å²) < 4.78 is 0. The van der Waals surface area contributed by atoms with Crippen LogP contribution in [0.5, 0.6) is 0 Å². The van der Waals surface area contributed by atoms with Crippen LogP contribution in [0.4, 0.5) is 0 Å². The summed E-state index contributed by atoms with van der Waals surface area (Å²) in [6, 6.07) is 4.54. The Balaban J connectivity index is 2.14. The van der Waals surface area contributed by atoms with Gasteiger partial charge in [-0.15, -0.1) is 0 Å². The number of aryl methyl sites for hydroxylation is 3. The second kappa shape index (κ2) is 5.26. The smallest absolute Gasteiger partial charge is 0.0615 e. The third-order valence-corrected chi connectivity index (χ3v) is 4.47. The number of hydrogen-bond donors (Lipinski definition) is 1. The third kappa shape index (κ3) is 3.18. The molecule has 0 spiro atoms. The zero-order valence-corrected chi connectivity index (χ0v) is 13.0. The molecular formula is C17H27NO. The molecule has 1 fully saturated rings. The molecule has 1 aliphatic heterocycles. The minimum atomic E-state index is -0.163. The van der Waals surface area contributed by atoms with Gasteiger partial charge in [-0.2, -0.15) is 0 Å². The Kier molecular flexibility index (Phi) is 4.03. The first-order valence-corrected chi connectivity index (χ1v) is 7.27. The molecule has 0 aliphatic carbocycles. The molecule has 1 aliphatic rings. The van der Waals surface area contributed by atoms with E-state index >= 15 is 0 Å². The van der Waals surface area contributed by atoms with Crippen LogP contribution in [0.25, 0.3) is 0 Å². The van der Waals surface area contributed by atoms with Crippen molar-refractivity contribution < 1.29 is 5.11 Å². The highest BCUT2D eigenvalue weighted by Crippen LogP contribution is 2.30. The summed E-state index contributed by atoms with van der Waals surface area (Å²) in [5.41, 5.74) is 5.58.